The average molecular weight is 372 g/mol. The molecule has 0 atom stereocenters. The number of carbonyl (C=O) groups excluding carboxylic acids is 3. The highest BCUT2D eigenvalue weighted by molar-refractivity contribution is 6.39. The summed E-state index contributed by atoms with van der Waals surface area (Å²) in [5.74, 6) is -1.79. The summed E-state index contributed by atoms with van der Waals surface area (Å²) in [5, 5.41) is 9.35. The first-order valence-corrected chi connectivity index (χ1v) is 9.50. The zero-order chi connectivity index (χ0) is 19.6. The number of nitrogens with one attached hydrogen (secondary N) is 3. The number of hydrogen-bond donors (Lipinski definition) is 3. The van der Waals surface area contributed by atoms with E-state index < -0.39 is 11.8 Å². The van der Waals surface area contributed by atoms with Crippen LogP contribution in [0.15, 0.2) is 29.4 Å². The maximum Gasteiger partial charge on any atom is 0.329 e. The largest absolute Gasteiger partial charge is 0.353 e. The molecule has 1 aliphatic carbocycles. The molecule has 7 heteroatoms. The Bertz CT molecular complexity index is 692. The lowest BCUT2D eigenvalue weighted by atomic mass is 9.95. The van der Waals surface area contributed by atoms with E-state index in [-0.39, 0.29) is 18.4 Å². The van der Waals surface area contributed by atoms with E-state index in [9.17, 15) is 14.4 Å². The van der Waals surface area contributed by atoms with Crippen LogP contribution in [-0.4, -0.2) is 29.5 Å². The highest BCUT2D eigenvalue weighted by atomic mass is 16.2. The van der Waals surface area contributed by atoms with Crippen LogP contribution in [0.2, 0.25) is 0 Å². The molecular formula is C20H28N4O3. The Balaban J connectivity index is 1.75. The van der Waals surface area contributed by atoms with Crippen molar-refractivity contribution in [1.82, 2.24) is 10.7 Å². The van der Waals surface area contributed by atoms with Gasteiger partial charge in [0.25, 0.3) is 0 Å². The molecule has 146 valence electrons. The van der Waals surface area contributed by atoms with Crippen LogP contribution >= 0.6 is 0 Å². The Labute approximate surface area is 160 Å². The van der Waals surface area contributed by atoms with Gasteiger partial charge in [0.05, 0.1) is 6.42 Å². The fourth-order valence-electron chi connectivity index (χ4n) is 3.01. The summed E-state index contributed by atoms with van der Waals surface area (Å²) >= 11 is 0. The second kappa shape index (κ2) is 10.4. The molecule has 1 aromatic rings. The second-order valence-electron chi connectivity index (χ2n) is 6.87. The van der Waals surface area contributed by atoms with E-state index in [1.807, 2.05) is 19.1 Å². The van der Waals surface area contributed by atoms with Crippen molar-refractivity contribution in [2.45, 2.75) is 64.8 Å². The van der Waals surface area contributed by atoms with Gasteiger partial charge in [-0.05, 0) is 43.9 Å². The summed E-state index contributed by atoms with van der Waals surface area (Å²) in [5.41, 5.74) is 4.32. The SMILES string of the molecule is CCc1ccc(NC(=O)C(=O)NN=C(C)CC(=O)NC2CCCCC2)cc1. The van der Waals surface area contributed by atoms with Gasteiger partial charge >= 0.3 is 11.8 Å². The lowest BCUT2D eigenvalue weighted by Gasteiger charge is -2.22. The van der Waals surface area contributed by atoms with Crippen molar-refractivity contribution >= 4 is 29.1 Å². The molecular weight excluding hydrogens is 344 g/mol. The van der Waals surface area contributed by atoms with E-state index in [2.05, 4.69) is 21.2 Å². The Morgan fingerprint density at radius 1 is 1.04 bits per heavy atom. The minimum atomic E-state index is -0.874. The monoisotopic (exact) mass is 372 g/mol. The van der Waals surface area contributed by atoms with Gasteiger partial charge in [-0.25, -0.2) is 5.43 Å². The molecule has 1 saturated carbocycles. The summed E-state index contributed by atoms with van der Waals surface area (Å²) in [6, 6.07) is 7.50. The van der Waals surface area contributed by atoms with Crippen LogP contribution in [0.3, 0.4) is 0 Å². The Morgan fingerprint density at radius 3 is 2.33 bits per heavy atom. The normalized spacial score (nSPS) is 15.1. The first-order chi connectivity index (χ1) is 13.0. The molecule has 2 rings (SSSR count). The van der Waals surface area contributed by atoms with Crippen LogP contribution in [0, 0.1) is 0 Å². The summed E-state index contributed by atoms with van der Waals surface area (Å²) < 4.78 is 0. The van der Waals surface area contributed by atoms with Crippen molar-refractivity contribution in [3.05, 3.63) is 29.8 Å². The molecule has 0 heterocycles. The van der Waals surface area contributed by atoms with Gasteiger partial charge in [0.1, 0.15) is 0 Å². The zero-order valence-electron chi connectivity index (χ0n) is 16.0. The Hall–Kier alpha value is -2.70. The third-order valence-corrected chi connectivity index (χ3v) is 4.56. The minimum absolute atomic E-state index is 0.0941. The molecule has 1 aromatic carbocycles. The van der Waals surface area contributed by atoms with Crippen molar-refractivity contribution in [2.75, 3.05) is 5.32 Å². The van der Waals surface area contributed by atoms with Crippen LogP contribution in [0.4, 0.5) is 5.69 Å². The fourth-order valence-corrected chi connectivity index (χ4v) is 3.01. The van der Waals surface area contributed by atoms with Crippen molar-refractivity contribution in [2.24, 2.45) is 5.10 Å². The molecule has 7 nitrogen and oxygen atoms in total. The van der Waals surface area contributed by atoms with E-state index in [1.165, 1.54) is 6.42 Å². The standard InChI is InChI=1S/C20H28N4O3/c1-3-15-9-11-17(12-10-15)22-19(26)20(27)24-23-14(2)13-18(25)21-16-7-5-4-6-8-16/h9-12,16H,3-8,13H2,1-2H3,(H,21,25)(H,22,26)(H,24,27). The third kappa shape index (κ3) is 7.21. The van der Waals surface area contributed by atoms with Crippen LogP contribution in [0.5, 0.6) is 0 Å². The van der Waals surface area contributed by atoms with Crippen molar-refractivity contribution in [3.8, 4) is 0 Å². The van der Waals surface area contributed by atoms with Crippen molar-refractivity contribution in [3.63, 3.8) is 0 Å². The summed E-state index contributed by atoms with van der Waals surface area (Å²) in [7, 11) is 0. The molecule has 1 fully saturated rings. The van der Waals surface area contributed by atoms with Gasteiger partial charge in [-0.15, -0.1) is 0 Å². The molecule has 0 spiro atoms. The molecule has 3 N–H and O–H groups in total. The zero-order valence-corrected chi connectivity index (χ0v) is 16.0. The van der Waals surface area contributed by atoms with Crippen LogP contribution < -0.4 is 16.1 Å². The molecule has 1 aliphatic rings. The van der Waals surface area contributed by atoms with Crippen LogP contribution in [0.1, 0.15) is 57.9 Å². The van der Waals surface area contributed by atoms with Gasteiger partial charge < -0.3 is 10.6 Å². The number of carbonyl (C=O) groups is 3. The van der Waals surface area contributed by atoms with Crippen LogP contribution in [-0.2, 0) is 20.8 Å². The highest BCUT2D eigenvalue weighted by Gasteiger charge is 2.17. The summed E-state index contributed by atoms with van der Waals surface area (Å²) in [6.45, 7) is 3.68. The molecule has 0 aliphatic heterocycles. The number of hydrogen-bond acceptors (Lipinski definition) is 4. The summed E-state index contributed by atoms with van der Waals surface area (Å²) in [6.07, 6.45) is 6.53. The van der Waals surface area contributed by atoms with E-state index in [4.69, 9.17) is 0 Å². The Morgan fingerprint density at radius 2 is 1.70 bits per heavy atom. The van der Waals surface area contributed by atoms with Gasteiger partial charge in [-0.1, -0.05) is 38.3 Å². The second-order valence-corrected chi connectivity index (χ2v) is 6.87. The molecule has 0 unspecified atom stereocenters. The van der Waals surface area contributed by atoms with E-state index in [0.717, 1.165) is 37.7 Å². The number of amides is 3. The van der Waals surface area contributed by atoms with E-state index >= 15 is 0 Å². The molecule has 3 amide bonds. The van der Waals surface area contributed by atoms with Gasteiger partial charge in [-0.2, -0.15) is 5.10 Å². The molecule has 0 aromatic heterocycles. The van der Waals surface area contributed by atoms with Gasteiger partial charge in [0, 0.05) is 17.4 Å². The third-order valence-electron chi connectivity index (χ3n) is 4.56. The van der Waals surface area contributed by atoms with Crippen molar-refractivity contribution in [1.29, 1.82) is 0 Å². The smallest absolute Gasteiger partial charge is 0.329 e. The van der Waals surface area contributed by atoms with Gasteiger partial charge in [-0.3, -0.25) is 14.4 Å². The molecule has 27 heavy (non-hydrogen) atoms. The first-order valence-electron chi connectivity index (χ1n) is 9.50. The number of aryl methyl sites for hydroxylation is 1. The summed E-state index contributed by atoms with van der Waals surface area (Å²) in [4.78, 5) is 35.7. The number of anilines is 1. The number of hydrazone groups is 1. The highest BCUT2D eigenvalue weighted by Crippen LogP contribution is 2.17. The van der Waals surface area contributed by atoms with Crippen LogP contribution in [0.25, 0.3) is 0 Å². The van der Waals surface area contributed by atoms with Gasteiger partial charge in [0.2, 0.25) is 5.91 Å². The molecule has 0 saturated heterocycles. The average Bonchev–Trinajstić information content (AvgIpc) is 2.67. The number of benzene rings is 1. The predicted octanol–water partition coefficient (Wildman–Crippen LogP) is 2.52. The van der Waals surface area contributed by atoms with E-state index in [0.29, 0.717) is 11.4 Å². The minimum Gasteiger partial charge on any atom is -0.353 e. The fraction of sp³-hybridized carbons (Fsp3) is 0.500. The first kappa shape index (κ1) is 20.6. The lowest BCUT2D eigenvalue weighted by molar-refractivity contribution is -0.136. The number of rotatable bonds is 6. The number of nitrogens with zero attached hydrogens (tertiary/aromatic N) is 1. The van der Waals surface area contributed by atoms with Crippen molar-refractivity contribution < 1.29 is 14.4 Å². The quantitative estimate of drug-likeness (QED) is 0.406. The predicted molar refractivity (Wildman–Crippen MR) is 105 cm³/mol. The Kier molecular flexibility index (Phi) is 7.98. The maximum atomic E-state index is 12.0. The van der Waals surface area contributed by atoms with Gasteiger partial charge in [0.15, 0.2) is 0 Å². The molecule has 0 radical (unpaired) electrons. The maximum absolute atomic E-state index is 12.0. The lowest BCUT2D eigenvalue weighted by Crippen LogP contribution is -2.37. The molecule has 0 bridgehead atoms. The topological polar surface area (TPSA) is 99.7 Å². The van der Waals surface area contributed by atoms with E-state index in [1.54, 1.807) is 19.1 Å².